The third-order valence-electron chi connectivity index (χ3n) is 4.53. The van der Waals surface area contributed by atoms with Gasteiger partial charge in [0.25, 0.3) is 10.0 Å². The van der Waals surface area contributed by atoms with Crippen LogP contribution in [0, 0.1) is 0 Å². The second-order valence-electron chi connectivity index (χ2n) is 6.46. The minimum absolute atomic E-state index is 0.0313. The van der Waals surface area contributed by atoms with E-state index >= 15 is 0 Å². The van der Waals surface area contributed by atoms with Gasteiger partial charge in [0, 0.05) is 29.7 Å². The molecule has 30 heavy (non-hydrogen) atoms. The molecule has 1 saturated heterocycles. The summed E-state index contributed by atoms with van der Waals surface area (Å²) in [5, 5.41) is 5.77. The van der Waals surface area contributed by atoms with Gasteiger partial charge in [-0.05, 0) is 47.9 Å². The number of sulfonamides is 2. The molecule has 3 aromatic rings. The molecule has 1 N–H and O–H groups in total. The van der Waals surface area contributed by atoms with Crippen LogP contribution in [0.1, 0.15) is 0 Å². The van der Waals surface area contributed by atoms with Gasteiger partial charge in [-0.2, -0.15) is 4.31 Å². The first-order chi connectivity index (χ1) is 14.4. The molecule has 0 aliphatic carbocycles. The fourth-order valence-corrected chi connectivity index (χ4v) is 5.87. The summed E-state index contributed by atoms with van der Waals surface area (Å²) in [6.45, 7) is 1.23. The van der Waals surface area contributed by atoms with E-state index in [-0.39, 0.29) is 22.9 Å². The number of aromatic nitrogens is 2. The van der Waals surface area contributed by atoms with Gasteiger partial charge in [-0.25, -0.2) is 16.8 Å². The predicted octanol–water partition coefficient (Wildman–Crippen LogP) is 2.03. The average molecular weight is 467 g/mol. The summed E-state index contributed by atoms with van der Waals surface area (Å²) in [6.07, 6.45) is 0. The summed E-state index contributed by atoms with van der Waals surface area (Å²) in [4.78, 5) is 0.0146. The van der Waals surface area contributed by atoms with Gasteiger partial charge in [0.15, 0.2) is 0 Å². The third kappa shape index (κ3) is 4.37. The maximum Gasteiger partial charge on any atom is 0.261 e. The lowest BCUT2D eigenvalue weighted by atomic mass is 10.2. The van der Waals surface area contributed by atoms with Crippen molar-refractivity contribution in [1.82, 2.24) is 13.9 Å². The quantitative estimate of drug-likeness (QED) is 0.590. The van der Waals surface area contributed by atoms with Gasteiger partial charge in [-0.3, -0.25) is 4.72 Å². The van der Waals surface area contributed by atoms with E-state index < -0.39 is 20.0 Å². The molecular formula is C18H18N4O5S3. The molecule has 158 valence electrons. The number of nitrogens with one attached hydrogen (secondary N) is 1. The van der Waals surface area contributed by atoms with Crippen molar-refractivity contribution in [1.29, 1.82) is 0 Å². The fourth-order valence-electron chi connectivity index (χ4n) is 2.94. The number of benzene rings is 2. The Labute approximate surface area is 178 Å². The summed E-state index contributed by atoms with van der Waals surface area (Å²) in [5.74, 6) is 0. The van der Waals surface area contributed by atoms with Crippen molar-refractivity contribution in [3.63, 3.8) is 0 Å². The van der Waals surface area contributed by atoms with Crippen LogP contribution in [0.15, 0.2) is 63.7 Å². The van der Waals surface area contributed by atoms with Gasteiger partial charge in [-0.15, -0.1) is 5.10 Å². The van der Waals surface area contributed by atoms with E-state index in [0.717, 1.165) is 5.56 Å². The number of rotatable bonds is 6. The van der Waals surface area contributed by atoms with Crippen LogP contribution < -0.4 is 4.72 Å². The summed E-state index contributed by atoms with van der Waals surface area (Å²) < 4.78 is 63.5. The van der Waals surface area contributed by atoms with Crippen LogP contribution in [0.5, 0.6) is 0 Å². The summed E-state index contributed by atoms with van der Waals surface area (Å²) in [7, 11) is -7.55. The zero-order valence-electron chi connectivity index (χ0n) is 15.6. The number of morpholine rings is 1. The smallest absolute Gasteiger partial charge is 0.261 e. The Balaban J connectivity index is 1.50. The molecular weight excluding hydrogens is 448 g/mol. The minimum atomic E-state index is -3.87. The van der Waals surface area contributed by atoms with Crippen LogP contribution in [0.3, 0.4) is 0 Å². The van der Waals surface area contributed by atoms with Crippen LogP contribution in [0.25, 0.3) is 11.3 Å². The highest BCUT2D eigenvalue weighted by Crippen LogP contribution is 2.23. The van der Waals surface area contributed by atoms with Gasteiger partial charge < -0.3 is 4.74 Å². The summed E-state index contributed by atoms with van der Waals surface area (Å²) in [5.41, 5.74) is 1.92. The Morgan fingerprint density at radius 2 is 1.53 bits per heavy atom. The van der Waals surface area contributed by atoms with E-state index in [2.05, 4.69) is 14.3 Å². The fraction of sp³-hybridized carbons (Fsp3) is 0.222. The highest BCUT2D eigenvalue weighted by Gasteiger charge is 2.26. The molecule has 1 aromatic heterocycles. The lowest BCUT2D eigenvalue weighted by Crippen LogP contribution is -2.40. The van der Waals surface area contributed by atoms with E-state index in [1.54, 1.807) is 29.6 Å². The molecule has 0 atom stereocenters. The molecule has 1 aliphatic heterocycles. The molecule has 12 heteroatoms. The first-order valence-corrected chi connectivity index (χ1v) is 12.7. The maximum absolute atomic E-state index is 12.7. The molecule has 2 aromatic carbocycles. The molecule has 0 amide bonds. The van der Waals surface area contributed by atoms with Crippen molar-refractivity contribution in [2.75, 3.05) is 31.0 Å². The number of hydrogen-bond acceptors (Lipinski definition) is 8. The Bertz CT molecular complexity index is 1200. The first-order valence-electron chi connectivity index (χ1n) is 8.94. The summed E-state index contributed by atoms with van der Waals surface area (Å²) >= 11 is 1.23. The van der Waals surface area contributed by atoms with E-state index in [1.165, 1.54) is 40.1 Å². The van der Waals surface area contributed by atoms with Gasteiger partial charge in [0.2, 0.25) is 10.0 Å². The Kier molecular flexibility index (Phi) is 5.84. The van der Waals surface area contributed by atoms with E-state index in [4.69, 9.17) is 4.74 Å². The number of hydrogen-bond donors (Lipinski definition) is 1. The number of nitrogens with zero attached hydrogens (tertiary/aromatic N) is 3. The zero-order valence-corrected chi connectivity index (χ0v) is 18.1. The van der Waals surface area contributed by atoms with Crippen LogP contribution in [-0.2, 0) is 24.8 Å². The molecule has 4 rings (SSSR count). The Morgan fingerprint density at radius 1 is 0.900 bits per heavy atom. The largest absolute Gasteiger partial charge is 0.379 e. The third-order valence-corrected chi connectivity index (χ3v) is 8.35. The van der Waals surface area contributed by atoms with Crippen molar-refractivity contribution in [3.05, 3.63) is 53.9 Å². The summed E-state index contributed by atoms with van der Waals surface area (Å²) in [6, 6.07) is 11.9. The molecule has 0 unspecified atom stereocenters. The number of anilines is 1. The van der Waals surface area contributed by atoms with Crippen molar-refractivity contribution >= 4 is 37.3 Å². The molecule has 9 nitrogen and oxygen atoms in total. The van der Waals surface area contributed by atoms with Crippen LogP contribution in [0.2, 0.25) is 0 Å². The molecule has 1 aliphatic rings. The van der Waals surface area contributed by atoms with Gasteiger partial charge >= 0.3 is 0 Å². The monoisotopic (exact) mass is 466 g/mol. The minimum Gasteiger partial charge on any atom is -0.379 e. The maximum atomic E-state index is 12.7. The van der Waals surface area contributed by atoms with Crippen molar-refractivity contribution < 1.29 is 21.6 Å². The van der Waals surface area contributed by atoms with E-state index in [1.807, 2.05) is 0 Å². The van der Waals surface area contributed by atoms with Crippen LogP contribution >= 0.6 is 11.5 Å². The van der Waals surface area contributed by atoms with Gasteiger partial charge in [0.05, 0.1) is 23.0 Å². The Hall–Kier alpha value is -2.38. The molecule has 0 bridgehead atoms. The zero-order chi connectivity index (χ0) is 21.2. The number of ether oxygens (including phenoxy) is 1. The highest BCUT2D eigenvalue weighted by molar-refractivity contribution is 7.92. The molecule has 0 radical (unpaired) electrons. The van der Waals surface area contributed by atoms with Crippen molar-refractivity contribution in [2.24, 2.45) is 0 Å². The molecule has 0 saturated carbocycles. The van der Waals surface area contributed by atoms with Crippen LogP contribution in [-0.4, -0.2) is 57.0 Å². The molecule has 1 fully saturated rings. The van der Waals surface area contributed by atoms with Crippen LogP contribution in [0.4, 0.5) is 5.69 Å². The topological polar surface area (TPSA) is 119 Å². The predicted molar refractivity (Wildman–Crippen MR) is 112 cm³/mol. The lowest BCUT2D eigenvalue weighted by molar-refractivity contribution is 0.0730. The average Bonchev–Trinajstić information content (AvgIpc) is 3.30. The normalized spacial score (nSPS) is 15.7. The van der Waals surface area contributed by atoms with Gasteiger partial charge in [0.1, 0.15) is 5.69 Å². The highest BCUT2D eigenvalue weighted by atomic mass is 32.2. The molecule has 0 spiro atoms. The van der Waals surface area contributed by atoms with E-state index in [0.29, 0.717) is 24.6 Å². The SMILES string of the molecule is O=S(=O)(Nc1ccc(-c2csnn2)cc1)c1ccc(S(=O)(=O)N2CCOCC2)cc1. The van der Waals surface area contributed by atoms with E-state index in [9.17, 15) is 16.8 Å². The standard InChI is InChI=1S/C18H18N4O5S3/c23-29(24,20-15-3-1-14(2-4-15)18-13-28-21-19-18)16-5-7-17(8-6-16)30(25,26)22-9-11-27-12-10-22/h1-8,13,20H,9-12H2. The molecule has 2 heterocycles. The second kappa shape index (κ2) is 8.40. The lowest BCUT2D eigenvalue weighted by Gasteiger charge is -2.26. The Morgan fingerprint density at radius 3 is 2.13 bits per heavy atom. The second-order valence-corrected chi connectivity index (χ2v) is 10.7. The van der Waals surface area contributed by atoms with Crippen molar-refractivity contribution in [3.8, 4) is 11.3 Å². The first kappa shape index (κ1) is 20.9. The van der Waals surface area contributed by atoms with Crippen molar-refractivity contribution in [2.45, 2.75) is 9.79 Å². The van der Waals surface area contributed by atoms with Gasteiger partial charge in [-0.1, -0.05) is 16.6 Å².